The van der Waals surface area contributed by atoms with Crippen LogP contribution < -0.4 is 5.32 Å². The normalized spacial score (nSPS) is 22.4. The first-order chi connectivity index (χ1) is 14.7. The average molecular weight is 426 g/mol. The van der Waals surface area contributed by atoms with E-state index in [1.165, 1.54) is 38.8 Å². The van der Waals surface area contributed by atoms with Gasteiger partial charge in [0.05, 0.1) is 12.0 Å². The molecule has 6 heteroatoms. The number of thiophene rings is 1. The fourth-order valence-corrected chi connectivity index (χ4v) is 5.66. The first-order valence-electron chi connectivity index (χ1n) is 11.1. The highest BCUT2D eigenvalue weighted by Crippen LogP contribution is 2.43. The Labute approximate surface area is 183 Å². The molecule has 0 aliphatic carbocycles. The van der Waals surface area contributed by atoms with E-state index in [1.807, 2.05) is 48.8 Å². The minimum atomic E-state index is -0.388. The first-order valence-corrected chi connectivity index (χ1v) is 11.9. The van der Waals surface area contributed by atoms with Crippen molar-refractivity contribution in [3.63, 3.8) is 0 Å². The largest absolute Gasteiger partial charge is 0.355 e. The highest BCUT2D eigenvalue weighted by atomic mass is 32.1. The standard InChI is InChI=1S/C24H31N3O2S/c1-26-22(20-12-8-17-30-20)21(18-10-4-5-11-19(18)24(26)29)23(28)25-13-9-16-27-14-6-2-3-7-15-27/h4-5,8,10-12,17,21-22H,2-3,6-7,9,13-16H2,1H3,(H,25,28)/t21-,22-/m0/s1. The molecule has 2 aliphatic heterocycles. The molecule has 1 saturated heterocycles. The van der Waals surface area contributed by atoms with Crippen LogP contribution in [0.25, 0.3) is 0 Å². The van der Waals surface area contributed by atoms with Crippen LogP contribution in [-0.4, -0.2) is 54.8 Å². The number of rotatable bonds is 6. The number of likely N-dealkylation sites (N-methyl/N-ethyl adjacent to an activating group) is 1. The Hall–Kier alpha value is -2.18. The Bertz CT molecular complexity index is 859. The number of carbonyl (C=O) groups is 2. The number of carbonyl (C=O) groups excluding carboxylic acids is 2. The Balaban J connectivity index is 1.47. The lowest BCUT2D eigenvalue weighted by molar-refractivity contribution is -0.124. The van der Waals surface area contributed by atoms with Crippen molar-refractivity contribution in [1.29, 1.82) is 0 Å². The van der Waals surface area contributed by atoms with Crippen LogP contribution in [0.2, 0.25) is 0 Å². The van der Waals surface area contributed by atoms with Crippen LogP contribution in [0.5, 0.6) is 0 Å². The molecule has 0 bridgehead atoms. The van der Waals surface area contributed by atoms with Crippen LogP contribution >= 0.6 is 11.3 Å². The van der Waals surface area contributed by atoms with Crippen molar-refractivity contribution in [2.45, 2.75) is 44.1 Å². The molecule has 4 rings (SSSR count). The number of benzene rings is 1. The number of fused-ring (bicyclic) bond motifs is 1. The maximum atomic E-state index is 13.4. The van der Waals surface area contributed by atoms with Crippen LogP contribution in [0.3, 0.4) is 0 Å². The molecular weight excluding hydrogens is 394 g/mol. The quantitative estimate of drug-likeness (QED) is 0.711. The predicted molar refractivity (Wildman–Crippen MR) is 121 cm³/mol. The molecule has 2 amide bonds. The van der Waals surface area contributed by atoms with E-state index in [0.29, 0.717) is 12.1 Å². The second-order valence-corrected chi connectivity index (χ2v) is 9.32. The monoisotopic (exact) mass is 425 g/mol. The summed E-state index contributed by atoms with van der Waals surface area (Å²) >= 11 is 1.60. The van der Waals surface area contributed by atoms with Crippen molar-refractivity contribution >= 4 is 23.2 Å². The molecule has 160 valence electrons. The van der Waals surface area contributed by atoms with Gasteiger partial charge in [0.25, 0.3) is 5.91 Å². The summed E-state index contributed by atoms with van der Waals surface area (Å²) in [5.74, 6) is -0.397. The fourth-order valence-electron chi connectivity index (χ4n) is 4.76. The second kappa shape index (κ2) is 9.75. The molecular formula is C24H31N3O2S. The molecule has 1 N–H and O–H groups in total. The summed E-state index contributed by atoms with van der Waals surface area (Å²) in [4.78, 5) is 31.6. The summed E-state index contributed by atoms with van der Waals surface area (Å²) in [7, 11) is 1.81. The zero-order valence-electron chi connectivity index (χ0n) is 17.7. The molecule has 1 aromatic carbocycles. The molecule has 3 heterocycles. The highest BCUT2D eigenvalue weighted by molar-refractivity contribution is 7.10. The molecule has 0 spiro atoms. The van der Waals surface area contributed by atoms with Crippen LogP contribution in [-0.2, 0) is 4.79 Å². The Morgan fingerprint density at radius 2 is 1.87 bits per heavy atom. The lowest BCUT2D eigenvalue weighted by Crippen LogP contribution is -2.45. The number of hydrogen-bond acceptors (Lipinski definition) is 4. The summed E-state index contributed by atoms with van der Waals surface area (Å²) < 4.78 is 0. The molecule has 30 heavy (non-hydrogen) atoms. The van der Waals surface area contributed by atoms with Gasteiger partial charge in [-0.15, -0.1) is 11.3 Å². The minimum Gasteiger partial charge on any atom is -0.355 e. The summed E-state index contributed by atoms with van der Waals surface area (Å²) in [5.41, 5.74) is 1.47. The third kappa shape index (κ3) is 4.44. The van der Waals surface area contributed by atoms with Crippen molar-refractivity contribution in [3.05, 3.63) is 57.8 Å². The van der Waals surface area contributed by atoms with E-state index in [0.717, 1.165) is 23.4 Å². The Morgan fingerprint density at radius 3 is 2.60 bits per heavy atom. The average Bonchev–Trinajstić information content (AvgIpc) is 3.16. The van der Waals surface area contributed by atoms with Crippen molar-refractivity contribution < 1.29 is 9.59 Å². The van der Waals surface area contributed by atoms with Crippen molar-refractivity contribution in [2.24, 2.45) is 0 Å². The molecule has 2 atom stereocenters. The van der Waals surface area contributed by atoms with E-state index in [4.69, 9.17) is 0 Å². The van der Waals surface area contributed by atoms with E-state index >= 15 is 0 Å². The molecule has 2 aliphatic rings. The summed E-state index contributed by atoms with van der Waals surface area (Å²) in [5, 5.41) is 5.18. The van der Waals surface area contributed by atoms with Crippen molar-refractivity contribution in [1.82, 2.24) is 15.1 Å². The first kappa shape index (κ1) is 21.1. The smallest absolute Gasteiger partial charge is 0.254 e. The molecule has 2 aromatic rings. The SMILES string of the molecule is CN1C(=O)c2ccccc2[C@H](C(=O)NCCCN2CCCCCC2)[C@@H]1c1cccs1. The van der Waals surface area contributed by atoms with Gasteiger partial charge in [-0.05, 0) is 62.0 Å². The van der Waals surface area contributed by atoms with E-state index in [9.17, 15) is 9.59 Å². The Morgan fingerprint density at radius 1 is 1.10 bits per heavy atom. The van der Waals surface area contributed by atoms with E-state index in [1.54, 1.807) is 16.2 Å². The number of hydrogen-bond donors (Lipinski definition) is 1. The maximum Gasteiger partial charge on any atom is 0.254 e. The summed E-state index contributed by atoms with van der Waals surface area (Å²) in [6.07, 6.45) is 6.20. The molecule has 1 aromatic heterocycles. The molecule has 0 radical (unpaired) electrons. The topological polar surface area (TPSA) is 52.7 Å². The third-order valence-corrected chi connectivity index (χ3v) is 7.29. The van der Waals surface area contributed by atoms with Gasteiger partial charge in [-0.2, -0.15) is 0 Å². The summed E-state index contributed by atoms with van der Waals surface area (Å²) in [6, 6.07) is 11.3. The van der Waals surface area contributed by atoms with E-state index in [2.05, 4.69) is 10.2 Å². The van der Waals surface area contributed by atoms with Crippen LogP contribution in [0.4, 0.5) is 0 Å². The van der Waals surface area contributed by atoms with Gasteiger partial charge in [0, 0.05) is 24.0 Å². The van der Waals surface area contributed by atoms with Crippen LogP contribution in [0, 0.1) is 0 Å². The van der Waals surface area contributed by atoms with Gasteiger partial charge in [-0.25, -0.2) is 0 Å². The summed E-state index contributed by atoms with van der Waals surface area (Å²) in [6.45, 7) is 4.06. The number of nitrogens with zero attached hydrogens (tertiary/aromatic N) is 2. The van der Waals surface area contributed by atoms with E-state index in [-0.39, 0.29) is 23.8 Å². The van der Waals surface area contributed by atoms with Crippen LogP contribution in [0.1, 0.15) is 64.9 Å². The zero-order valence-corrected chi connectivity index (χ0v) is 18.5. The number of amides is 2. The number of nitrogens with one attached hydrogen (secondary N) is 1. The lowest BCUT2D eigenvalue weighted by Gasteiger charge is -2.39. The van der Waals surface area contributed by atoms with Gasteiger partial charge in [0.1, 0.15) is 0 Å². The molecule has 1 fully saturated rings. The van der Waals surface area contributed by atoms with Gasteiger partial charge in [-0.1, -0.05) is 37.1 Å². The van der Waals surface area contributed by atoms with Gasteiger partial charge < -0.3 is 15.1 Å². The molecule has 0 unspecified atom stereocenters. The van der Waals surface area contributed by atoms with Crippen molar-refractivity contribution in [3.8, 4) is 0 Å². The molecule has 0 saturated carbocycles. The van der Waals surface area contributed by atoms with Gasteiger partial charge in [0.15, 0.2) is 0 Å². The zero-order chi connectivity index (χ0) is 20.9. The molecule has 5 nitrogen and oxygen atoms in total. The third-order valence-electron chi connectivity index (χ3n) is 6.35. The number of likely N-dealkylation sites (tertiary alicyclic amines) is 1. The minimum absolute atomic E-state index is 0.0102. The van der Waals surface area contributed by atoms with Gasteiger partial charge >= 0.3 is 0 Å². The second-order valence-electron chi connectivity index (χ2n) is 8.34. The van der Waals surface area contributed by atoms with Gasteiger partial charge in [0.2, 0.25) is 5.91 Å². The predicted octanol–water partition coefficient (Wildman–Crippen LogP) is 4.04. The van der Waals surface area contributed by atoms with Gasteiger partial charge in [-0.3, -0.25) is 9.59 Å². The highest BCUT2D eigenvalue weighted by Gasteiger charge is 2.42. The van der Waals surface area contributed by atoms with Crippen molar-refractivity contribution in [2.75, 3.05) is 33.2 Å². The Kier molecular flexibility index (Phi) is 6.85. The lowest BCUT2D eigenvalue weighted by atomic mass is 9.81. The maximum absolute atomic E-state index is 13.4. The van der Waals surface area contributed by atoms with E-state index < -0.39 is 0 Å². The fraction of sp³-hybridized carbons (Fsp3) is 0.500. The van der Waals surface area contributed by atoms with Crippen LogP contribution in [0.15, 0.2) is 41.8 Å².